The molecule has 0 saturated carbocycles. The molecule has 28 heavy (non-hydrogen) atoms. The average molecular weight is 384 g/mol. The fraction of sp³-hybridized carbons (Fsp3) is 0.333. The number of rotatable bonds is 3. The second kappa shape index (κ2) is 6.05. The Balaban J connectivity index is 1.45. The number of aliphatic hydroxyl groups is 2. The van der Waals surface area contributed by atoms with Gasteiger partial charge in [-0.3, -0.25) is 4.57 Å². The van der Waals surface area contributed by atoms with Gasteiger partial charge in [0.05, 0.1) is 18.8 Å². The van der Waals surface area contributed by atoms with Gasteiger partial charge in [0.25, 0.3) is 0 Å². The predicted molar refractivity (Wildman–Crippen MR) is 95.5 cm³/mol. The second-order valence-corrected chi connectivity index (χ2v) is 6.46. The molecule has 0 bridgehead atoms. The van der Waals surface area contributed by atoms with Crippen molar-refractivity contribution < 1.29 is 14.9 Å². The SMILES string of the molecule is Nc1ncnc2c1ncn2[C@@H]1O[C@H](Cc2nc(N)c3[nH]cnc3n2)[C@@H](O)[C@H]1O. The number of imidazole rings is 2. The molecular formula is C15H16N10O3. The van der Waals surface area contributed by atoms with Crippen LogP contribution in [0.1, 0.15) is 12.1 Å². The number of hydrogen-bond acceptors (Lipinski definition) is 11. The third-order valence-electron chi connectivity index (χ3n) is 4.74. The summed E-state index contributed by atoms with van der Waals surface area (Å²) >= 11 is 0. The number of aromatic nitrogens is 8. The minimum Gasteiger partial charge on any atom is -0.388 e. The van der Waals surface area contributed by atoms with E-state index < -0.39 is 24.5 Å². The highest BCUT2D eigenvalue weighted by molar-refractivity contribution is 5.81. The van der Waals surface area contributed by atoms with Crippen LogP contribution in [0.2, 0.25) is 0 Å². The van der Waals surface area contributed by atoms with E-state index in [-0.39, 0.29) is 18.1 Å². The number of ether oxygens (including phenoxy) is 1. The molecular weight excluding hydrogens is 368 g/mol. The Morgan fingerprint density at radius 1 is 1.07 bits per heavy atom. The van der Waals surface area contributed by atoms with Crippen LogP contribution in [0.4, 0.5) is 11.6 Å². The van der Waals surface area contributed by atoms with Gasteiger partial charge in [0.1, 0.15) is 35.4 Å². The third-order valence-corrected chi connectivity index (χ3v) is 4.74. The number of aliphatic hydroxyl groups excluding tert-OH is 2. The maximum Gasteiger partial charge on any atom is 0.183 e. The number of H-pyrrole nitrogens is 1. The Morgan fingerprint density at radius 2 is 1.93 bits per heavy atom. The van der Waals surface area contributed by atoms with Crippen LogP contribution in [0, 0.1) is 0 Å². The van der Waals surface area contributed by atoms with Gasteiger partial charge in [-0.15, -0.1) is 0 Å². The lowest BCUT2D eigenvalue weighted by Crippen LogP contribution is -2.32. The zero-order valence-corrected chi connectivity index (χ0v) is 14.3. The summed E-state index contributed by atoms with van der Waals surface area (Å²) in [5.74, 6) is 0.801. The van der Waals surface area contributed by atoms with Crippen LogP contribution < -0.4 is 11.5 Å². The van der Waals surface area contributed by atoms with Crippen molar-refractivity contribution in [2.75, 3.05) is 11.5 Å². The van der Waals surface area contributed by atoms with Crippen molar-refractivity contribution in [3.05, 3.63) is 24.8 Å². The van der Waals surface area contributed by atoms with Crippen LogP contribution in [0.5, 0.6) is 0 Å². The van der Waals surface area contributed by atoms with Crippen molar-refractivity contribution in [3.8, 4) is 0 Å². The van der Waals surface area contributed by atoms with Gasteiger partial charge < -0.3 is 31.4 Å². The summed E-state index contributed by atoms with van der Waals surface area (Å²) in [6.45, 7) is 0. The molecule has 144 valence electrons. The largest absolute Gasteiger partial charge is 0.388 e. The number of anilines is 2. The van der Waals surface area contributed by atoms with Crippen LogP contribution in [0.15, 0.2) is 19.0 Å². The molecule has 1 fully saturated rings. The topological polar surface area (TPSA) is 200 Å². The van der Waals surface area contributed by atoms with Crippen LogP contribution >= 0.6 is 0 Å². The number of aromatic amines is 1. The molecule has 1 aliphatic heterocycles. The normalized spacial score (nSPS) is 25.1. The molecule has 4 aromatic rings. The minimum absolute atomic E-state index is 0.130. The third kappa shape index (κ3) is 2.45. The Hall–Kier alpha value is -3.42. The zero-order chi connectivity index (χ0) is 19.4. The highest BCUT2D eigenvalue weighted by atomic mass is 16.6. The van der Waals surface area contributed by atoms with Gasteiger partial charge in [-0.25, -0.2) is 29.9 Å². The van der Waals surface area contributed by atoms with E-state index in [1.807, 2.05) is 0 Å². The van der Waals surface area contributed by atoms with Crippen molar-refractivity contribution in [1.82, 2.24) is 39.5 Å². The number of nitrogen functional groups attached to an aromatic ring is 2. The Kier molecular flexibility index (Phi) is 3.61. The molecule has 7 N–H and O–H groups in total. The summed E-state index contributed by atoms with van der Waals surface area (Å²) in [5, 5.41) is 21.0. The molecule has 0 radical (unpaired) electrons. The first kappa shape index (κ1) is 16.7. The number of nitrogens with one attached hydrogen (secondary N) is 1. The van der Waals surface area contributed by atoms with E-state index in [9.17, 15) is 10.2 Å². The average Bonchev–Trinajstić information content (AvgIpc) is 3.37. The number of fused-ring (bicyclic) bond motifs is 2. The summed E-state index contributed by atoms with van der Waals surface area (Å²) in [6.07, 6.45) is 0.247. The van der Waals surface area contributed by atoms with Crippen LogP contribution in [-0.4, -0.2) is 68.0 Å². The summed E-state index contributed by atoms with van der Waals surface area (Å²) in [6, 6.07) is 0. The van der Waals surface area contributed by atoms with Crippen LogP contribution in [0.25, 0.3) is 22.3 Å². The molecule has 0 aromatic carbocycles. The molecule has 0 unspecified atom stereocenters. The van der Waals surface area contributed by atoms with Gasteiger partial charge in [-0.05, 0) is 0 Å². The number of hydrogen-bond donors (Lipinski definition) is 5. The van der Waals surface area contributed by atoms with Gasteiger partial charge in [-0.1, -0.05) is 0 Å². The van der Waals surface area contributed by atoms with E-state index in [0.29, 0.717) is 28.2 Å². The van der Waals surface area contributed by atoms with Crippen molar-refractivity contribution >= 4 is 34.0 Å². The summed E-state index contributed by atoms with van der Waals surface area (Å²) in [4.78, 5) is 27.6. The van der Waals surface area contributed by atoms with Crippen LogP contribution in [-0.2, 0) is 11.2 Å². The molecule has 5 heterocycles. The van der Waals surface area contributed by atoms with Gasteiger partial charge in [-0.2, -0.15) is 0 Å². The molecule has 13 nitrogen and oxygen atoms in total. The van der Waals surface area contributed by atoms with Gasteiger partial charge in [0, 0.05) is 6.42 Å². The molecule has 0 spiro atoms. The maximum atomic E-state index is 10.5. The molecule has 4 aromatic heterocycles. The highest BCUT2D eigenvalue weighted by Crippen LogP contribution is 2.33. The first-order chi connectivity index (χ1) is 13.5. The maximum absolute atomic E-state index is 10.5. The smallest absolute Gasteiger partial charge is 0.183 e. The summed E-state index contributed by atoms with van der Waals surface area (Å²) < 4.78 is 7.40. The van der Waals surface area contributed by atoms with Gasteiger partial charge in [0.15, 0.2) is 29.2 Å². The molecule has 0 aliphatic carbocycles. The molecule has 1 aliphatic rings. The lowest BCUT2D eigenvalue weighted by Gasteiger charge is -2.16. The van der Waals surface area contributed by atoms with E-state index in [1.54, 1.807) is 0 Å². The Morgan fingerprint density at radius 3 is 2.79 bits per heavy atom. The Labute approximate surface area is 156 Å². The fourth-order valence-corrected chi connectivity index (χ4v) is 3.36. The first-order valence-electron chi connectivity index (χ1n) is 8.43. The lowest BCUT2D eigenvalue weighted by atomic mass is 10.1. The van der Waals surface area contributed by atoms with E-state index in [4.69, 9.17) is 16.2 Å². The number of nitrogens with zero attached hydrogens (tertiary/aromatic N) is 7. The van der Waals surface area contributed by atoms with Crippen LogP contribution in [0.3, 0.4) is 0 Å². The molecule has 4 atom stereocenters. The fourth-order valence-electron chi connectivity index (χ4n) is 3.36. The standard InChI is InChI=1S/C15H16N10O3/c16-11-8-14(21-3-19-11)25(4-22-8)15-10(27)9(26)5(28-15)1-6-23-12(17)7-13(24-6)20-2-18-7/h2-5,9-10,15,26-27H,1H2,(H2,16,19,21)(H3,17,18,20,23,24)/t5-,9-,10-,15-/m1/s1. The highest BCUT2D eigenvalue weighted by Gasteiger charge is 2.44. The molecule has 13 heteroatoms. The van der Waals surface area contributed by atoms with E-state index in [2.05, 4.69) is 34.9 Å². The Bertz CT molecular complexity index is 1170. The molecule has 5 rings (SSSR count). The molecule has 1 saturated heterocycles. The first-order valence-corrected chi connectivity index (χ1v) is 8.43. The zero-order valence-electron chi connectivity index (χ0n) is 14.3. The van der Waals surface area contributed by atoms with Crippen molar-refractivity contribution in [2.45, 2.75) is 31.0 Å². The quantitative estimate of drug-likeness (QED) is 0.276. The van der Waals surface area contributed by atoms with Crippen molar-refractivity contribution in [2.24, 2.45) is 0 Å². The summed E-state index contributed by atoms with van der Waals surface area (Å²) in [7, 11) is 0. The van der Waals surface area contributed by atoms with E-state index >= 15 is 0 Å². The number of nitrogens with two attached hydrogens (primary N) is 2. The monoisotopic (exact) mass is 384 g/mol. The minimum atomic E-state index is -1.22. The second-order valence-electron chi connectivity index (χ2n) is 6.46. The van der Waals surface area contributed by atoms with E-state index in [0.717, 1.165) is 0 Å². The van der Waals surface area contributed by atoms with Crippen molar-refractivity contribution in [1.29, 1.82) is 0 Å². The predicted octanol–water partition coefficient (Wildman–Crippen LogP) is -1.48. The van der Waals surface area contributed by atoms with Gasteiger partial charge in [0.2, 0.25) is 0 Å². The van der Waals surface area contributed by atoms with Crippen molar-refractivity contribution in [3.63, 3.8) is 0 Å². The lowest BCUT2D eigenvalue weighted by molar-refractivity contribution is -0.0349. The van der Waals surface area contributed by atoms with Gasteiger partial charge >= 0.3 is 0 Å². The van der Waals surface area contributed by atoms with E-state index in [1.165, 1.54) is 23.5 Å². The molecule has 0 amide bonds. The summed E-state index contributed by atoms with van der Waals surface area (Å²) in [5.41, 5.74) is 13.4.